The Morgan fingerprint density at radius 2 is 1.59 bits per heavy atom. The summed E-state index contributed by atoms with van der Waals surface area (Å²) < 4.78 is 22.5. The van der Waals surface area contributed by atoms with Crippen LogP contribution in [-0.2, 0) is 33.3 Å². The third kappa shape index (κ3) is 5.11. The summed E-state index contributed by atoms with van der Waals surface area (Å²) in [5.74, 6) is -2.01. The van der Waals surface area contributed by atoms with Crippen LogP contribution >= 0.6 is 0 Å². The van der Waals surface area contributed by atoms with E-state index in [9.17, 15) is 24.0 Å². The summed E-state index contributed by atoms with van der Waals surface area (Å²) in [5, 5.41) is 0. The Balaban J connectivity index is 2.08. The molecule has 1 fully saturated rings. The van der Waals surface area contributed by atoms with Gasteiger partial charge >= 0.3 is 23.6 Å². The zero-order valence-corrected chi connectivity index (χ0v) is 17.6. The quantitative estimate of drug-likeness (QED) is 0.496. The molecular weight excluding hydrogens is 424 g/mol. The second kappa shape index (κ2) is 9.60. The Morgan fingerprint density at radius 1 is 0.969 bits per heavy atom. The number of hydrogen-bond donors (Lipinski definition) is 1. The van der Waals surface area contributed by atoms with Gasteiger partial charge in [0.2, 0.25) is 0 Å². The first-order valence-corrected chi connectivity index (χ1v) is 9.71. The van der Waals surface area contributed by atoms with Gasteiger partial charge in [-0.15, -0.1) is 0 Å². The molecule has 4 atom stereocenters. The van der Waals surface area contributed by atoms with Crippen LogP contribution in [0.25, 0.3) is 11.1 Å². The molecule has 0 aliphatic carbocycles. The van der Waals surface area contributed by atoms with E-state index in [1.165, 1.54) is 13.1 Å². The molecule has 0 unspecified atom stereocenters. The Kier molecular flexibility index (Phi) is 6.89. The predicted molar refractivity (Wildman–Crippen MR) is 108 cm³/mol. The molecule has 1 saturated heterocycles. The van der Waals surface area contributed by atoms with Crippen molar-refractivity contribution in [2.45, 2.75) is 45.3 Å². The molecule has 2 aromatic rings. The molecule has 0 bridgehead atoms. The lowest BCUT2D eigenvalue weighted by Gasteiger charge is -2.24. The van der Waals surface area contributed by atoms with Crippen LogP contribution in [0, 0.1) is 0 Å². The lowest BCUT2D eigenvalue weighted by atomic mass is 10.1. The molecule has 1 N–H and O–H groups in total. The average Bonchev–Trinajstić information content (AvgIpc) is 3.03. The maximum atomic E-state index is 12.6. The fourth-order valence-corrected chi connectivity index (χ4v) is 3.41. The second-order valence-electron chi connectivity index (χ2n) is 7.09. The number of nitrogens with one attached hydrogen (secondary N) is 1. The number of esters is 3. The van der Waals surface area contributed by atoms with Gasteiger partial charge in [0.1, 0.15) is 12.7 Å². The van der Waals surface area contributed by atoms with Crippen LogP contribution in [0.5, 0.6) is 0 Å². The topological polar surface area (TPSA) is 143 Å². The Hall–Kier alpha value is -3.73. The summed E-state index contributed by atoms with van der Waals surface area (Å²) in [7, 11) is 0. The van der Waals surface area contributed by atoms with Crippen LogP contribution in [0.15, 0.2) is 46.1 Å². The Labute approximate surface area is 181 Å². The fourth-order valence-electron chi connectivity index (χ4n) is 3.41. The first-order chi connectivity index (χ1) is 15.2. The van der Waals surface area contributed by atoms with Crippen molar-refractivity contribution in [2.75, 3.05) is 6.61 Å². The van der Waals surface area contributed by atoms with Crippen LogP contribution in [0.3, 0.4) is 0 Å². The first kappa shape index (κ1) is 22.9. The minimum absolute atomic E-state index is 0.169. The van der Waals surface area contributed by atoms with Gasteiger partial charge in [0.15, 0.2) is 18.4 Å². The van der Waals surface area contributed by atoms with E-state index in [4.69, 9.17) is 18.9 Å². The van der Waals surface area contributed by atoms with E-state index in [-0.39, 0.29) is 12.2 Å². The van der Waals surface area contributed by atoms with E-state index < -0.39 is 53.7 Å². The van der Waals surface area contributed by atoms with E-state index in [0.29, 0.717) is 5.56 Å². The normalized spacial score (nSPS) is 22.2. The maximum absolute atomic E-state index is 12.6. The van der Waals surface area contributed by atoms with E-state index in [2.05, 4.69) is 4.98 Å². The minimum Gasteiger partial charge on any atom is -0.463 e. The highest BCUT2D eigenvalue weighted by molar-refractivity contribution is 5.68. The molecule has 3 rings (SSSR count). The van der Waals surface area contributed by atoms with E-state index in [1.807, 2.05) is 0 Å². The molecule has 11 heteroatoms. The summed E-state index contributed by atoms with van der Waals surface area (Å²) in [5.41, 5.74) is -0.737. The van der Waals surface area contributed by atoms with Crippen molar-refractivity contribution in [3.8, 4) is 11.1 Å². The minimum atomic E-state index is -1.27. The fraction of sp³-hybridized carbons (Fsp3) is 0.381. The SMILES string of the molecule is CC(=O)OC[C@H]1O[C@@H](n2cc(-c3ccccc3)c(=O)[nH]c2=O)[C@H](OC(C)=O)[C@H]1OC(C)=O. The summed E-state index contributed by atoms with van der Waals surface area (Å²) in [6.45, 7) is 3.17. The number of ether oxygens (including phenoxy) is 4. The molecule has 1 aromatic heterocycles. The maximum Gasteiger partial charge on any atom is 0.330 e. The third-order valence-electron chi connectivity index (χ3n) is 4.67. The number of H-pyrrole nitrogens is 1. The van der Waals surface area contributed by atoms with Crippen LogP contribution in [0.1, 0.15) is 27.0 Å². The van der Waals surface area contributed by atoms with Crippen LogP contribution in [0.2, 0.25) is 0 Å². The van der Waals surface area contributed by atoms with Crippen molar-refractivity contribution in [1.82, 2.24) is 9.55 Å². The van der Waals surface area contributed by atoms with Gasteiger partial charge in [-0.1, -0.05) is 30.3 Å². The van der Waals surface area contributed by atoms with Gasteiger partial charge in [-0.3, -0.25) is 28.7 Å². The second-order valence-corrected chi connectivity index (χ2v) is 7.09. The van der Waals surface area contributed by atoms with Gasteiger partial charge < -0.3 is 18.9 Å². The smallest absolute Gasteiger partial charge is 0.330 e. The molecule has 170 valence electrons. The molecular formula is C21H22N2O9. The molecule has 11 nitrogen and oxygen atoms in total. The van der Waals surface area contributed by atoms with Crippen molar-refractivity contribution in [1.29, 1.82) is 0 Å². The largest absolute Gasteiger partial charge is 0.463 e. The predicted octanol–water partition coefficient (Wildman–Crippen LogP) is 0.528. The Morgan fingerprint density at radius 3 is 2.19 bits per heavy atom. The summed E-state index contributed by atoms with van der Waals surface area (Å²) >= 11 is 0. The highest BCUT2D eigenvalue weighted by Crippen LogP contribution is 2.34. The lowest BCUT2D eigenvalue weighted by molar-refractivity contribution is -0.166. The zero-order chi connectivity index (χ0) is 23.4. The van der Waals surface area contributed by atoms with E-state index in [1.54, 1.807) is 30.3 Å². The van der Waals surface area contributed by atoms with Gasteiger partial charge in [-0.05, 0) is 5.56 Å². The number of carbonyl (C=O) groups is 3. The lowest BCUT2D eigenvalue weighted by Crippen LogP contribution is -2.42. The van der Waals surface area contributed by atoms with Crippen molar-refractivity contribution >= 4 is 17.9 Å². The van der Waals surface area contributed by atoms with Crippen LogP contribution < -0.4 is 11.2 Å². The summed E-state index contributed by atoms with van der Waals surface area (Å²) in [6.07, 6.45) is -3.44. The van der Waals surface area contributed by atoms with E-state index in [0.717, 1.165) is 18.4 Å². The molecule has 1 aromatic carbocycles. The van der Waals surface area contributed by atoms with Crippen LogP contribution in [-0.4, -0.2) is 52.4 Å². The van der Waals surface area contributed by atoms with Gasteiger partial charge in [-0.25, -0.2) is 4.79 Å². The number of rotatable bonds is 6. The van der Waals surface area contributed by atoms with Crippen molar-refractivity contribution in [3.05, 3.63) is 57.4 Å². The standard InChI is InChI=1S/C21H22N2O9/c1-11(24)29-10-16-17(30-12(2)25)18(31-13(3)26)20(32-16)23-9-15(19(27)22-21(23)28)14-7-5-4-6-8-14/h4-9,16-18,20H,10H2,1-3H3,(H,22,27,28)/t16-,17+,18-,20-/m1/s1. The Bertz CT molecular complexity index is 1120. The van der Waals surface area contributed by atoms with Crippen LogP contribution in [0.4, 0.5) is 0 Å². The highest BCUT2D eigenvalue weighted by Gasteiger charge is 2.51. The van der Waals surface area contributed by atoms with Crippen molar-refractivity contribution < 1.29 is 33.3 Å². The summed E-state index contributed by atoms with van der Waals surface area (Å²) in [4.78, 5) is 61.9. The molecule has 1 aliphatic heterocycles. The van der Waals surface area contributed by atoms with E-state index >= 15 is 0 Å². The average molecular weight is 446 g/mol. The molecule has 2 heterocycles. The summed E-state index contributed by atoms with van der Waals surface area (Å²) in [6, 6.07) is 8.59. The number of carbonyl (C=O) groups excluding carboxylic acids is 3. The number of nitrogens with zero attached hydrogens (tertiary/aromatic N) is 1. The number of benzene rings is 1. The number of aromatic nitrogens is 2. The van der Waals surface area contributed by atoms with Crippen molar-refractivity contribution in [2.24, 2.45) is 0 Å². The molecule has 0 amide bonds. The molecule has 0 spiro atoms. The zero-order valence-electron chi connectivity index (χ0n) is 17.6. The third-order valence-corrected chi connectivity index (χ3v) is 4.67. The first-order valence-electron chi connectivity index (χ1n) is 9.71. The molecule has 1 aliphatic rings. The number of hydrogen-bond acceptors (Lipinski definition) is 9. The van der Waals surface area contributed by atoms with Gasteiger partial charge in [0, 0.05) is 27.0 Å². The molecule has 32 heavy (non-hydrogen) atoms. The molecule has 0 radical (unpaired) electrons. The highest BCUT2D eigenvalue weighted by atomic mass is 16.7. The van der Waals surface area contributed by atoms with Gasteiger partial charge in [0.25, 0.3) is 5.56 Å². The monoisotopic (exact) mass is 446 g/mol. The van der Waals surface area contributed by atoms with Gasteiger partial charge in [0.05, 0.1) is 5.56 Å². The van der Waals surface area contributed by atoms with Crippen molar-refractivity contribution in [3.63, 3.8) is 0 Å². The number of aromatic amines is 1. The van der Waals surface area contributed by atoms with Gasteiger partial charge in [-0.2, -0.15) is 0 Å². The molecule has 0 saturated carbocycles.